The molecule has 106 valence electrons. The molecule has 0 aliphatic heterocycles. The van der Waals surface area contributed by atoms with Gasteiger partial charge in [-0.3, -0.25) is 0 Å². The second-order valence-corrected chi connectivity index (χ2v) is 5.37. The van der Waals surface area contributed by atoms with Crippen molar-refractivity contribution in [3.63, 3.8) is 0 Å². The summed E-state index contributed by atoms with van der Waals surface area (Å²) in [4.78, 5) is 4.38. The number of rotatable bonds is 6. The fourth-order valence-corrected chi connectivity index (χ4v) is 2.44. The van der Waals surface area contributed by atoms with E-state index in [2.05, 4.69) is 21.8 Å². The van der Waals surface area contributed by atoms with Crippen LogP contribution in [0.4, 0.5) is 4.39 Å². The zero-order valence-corrected chi connectivity index (χ0v) is 11.8. The molecule has 0 radical (unpaired) electrons. The van der Waals surface area contributed by atoms with Crippen molar-refractivity contribution in [1.29, 1.82) is 0 Å². The van der Waals surface area contributed by atoms with Crippen molar-refractivity contribution in [2.45, 2.75) is 45.3 Å². The summed E-state index contributed by atoms with van der Waals surface area (Å²) in [5.41, 5.74) is 2.20. The lowest BCUT2D eigenvalue weighted by Crippen LogP contribution is -2.17. The Balaban J connectivity index is 1.80. The molecule has 0 amide bonds. The van der Waals surface area contributed by atoms with E-state index in [4.69, 9.17) is 0 Å². The molecule has 1 aliphatic rings. The molecule has 3 rings (SSSR count). The van der Waals surface area contributed by atoms with Crippen LogP contribution in [-0.2, 0) is 19.5 Å². The van der Waals surface area contributed by atoms with Gasteiger partial charge in [-0.25, -0.2) is 9.37 Å². The Hall–Kier alpha value is -1.68. The number of nitrogens with one attached hydrogen (secondary N) is 1. The predicted octanol–water partition coefficient (Wildman–Crippen LogP) is 2.88. The zero-order valence-electron chi connectivity index (χ0n) is 11.8. The lowest BCUT2D eigenvalue weighted by Gasteiger charge is -2.11. The van der Waals surface area contributed by atoms with Crippen molar-refractivity contribution in [2.75, 3.05) is 0 Å². The smallest absolute Gasteiger partial charge is 0.123 e. The van der Waals surface area contributed by atoms with Crippen LogP contribution in [0.25, 0.3) is 0 Å². The molecular weight excluding hydrogens is 253 g/mol. The highest BCUT2D eigenvalue weighted by Crippen LogP contribution is 2.21. The maximum absolute atomic E-state index is 13.5. The number of nitrogens with zero attached hydrogens (tertiary/aromatic N) is 2. The van der Waals surface area contributed by atoms with E-state index in [1.165, 1.54) is 18.4 Å². The van der Waals surface area contributed by atoms with Gasteiger partial charge in [-0.2, -0.15) is 0 Å². The lowest BCUT2D eigenvalue weighted by atomic mass is 10.0. The van der Waals surface area contributed by atoms with Crippen LogP contribution >= 0.6 is 0 Å². The molecule has 0 unspecified atom stereocenters. The molecule has 20 heavy (non-hydrogen) atoms. The molecule has 0 saturated heterocycles. The maximum Gasteiger partial charge on any atom is 0.123 e. The van der Waals surface area contributed by atoms with Gasteiger partial charge < -0.3 is 9.88 Å². The molecule has 1 heterocycles. The van der Waals surface area contributed by atoms with Gasteiger partial charge in [0.15, 0.2) is 0 Å². The van der Waals surface area contributed by atoms with Crippen LogP contribution in [0.1, 0.15) is 36.7 Å². The third-order valence-corrected chi connectivity index (χ3v) is 3.82. The Morgan fingerprint density at radius 1 is 1.35 bits per heavy atom. The minimum atomic E-state index is -0.176. The minimum Gasteiger partial charge on any atom is -0.335 e. The molecule has 1 aromatic heterocycles. The van der Waals surface area contributed by atoms with E-state index in [9.17, 15) is 4.39 Å². The first kappa shape index (κ1) is 13.3. The van der Waals surface area contributed by atoms with Gasteiger partial charge in [0, 0.05) is 37.9 Å². The Labute approximate surface area is 118 Å². The highest BCUT2D eigenvalue weighted by molar-refractivity contribution is 5.30. The Morgan fingerprint density at radius 3 is 2.95 bits per heavy atom. The fourth-order valence-electron chi connectivity index (χ4n) is 2.44. The number of imidazole rings is 1. The molecular formula is C16H20FN3. The normalized spacial score (nSPS) is 14.7. The highest BCUT2D eigenvalue weighted by atomic mass is 19.1. The van der Waals surface area contributed by atoms with E-state index in [0.717, 1.165) is 24.5 Å². The van der Waals surface area contributed by atoms with E-state index in [0.29, 0.717) is 12.5 Å². The number of aryl methyl sites for hydroxylation is 1. The first-order chi connectivity index (χ1) is 9.76. The van der Waals surface area contributed by atoms with E-state index >= 15 is 0 Å². The fraction of sp³-hybridized carbons (Fsp3) is 0.438. The number of aromatic nitrogens is 2. The summed E-state index contributed by atoms with van der Waals surface area (Å²) in [7, 11) is 0. The van der Waals surface area contributed by atoms with Crippen molar-refractivity contribution in [2.24, 2.45) is 0 Å². The molecule has 4 heteroatoms. The molecule has 3 nitrogen and oxygen atoms in total. The molecule has 1 N–H and O–H groups in total. The second-order valence-electron chi connectivity index (χ2n) is 5.37. The van der Waals surface area contributed by atoms with Crippen LogP contribution in [-0.4, -0.2) is 15.6 Å². The summed E-state index contributed by atoms with van der Waals surface area (Å²) >= 11 is 0. The van der Waals surface area contributed by atoms with Crippen LogP contribution in [0.15, 0.2) is 30.6 Å². The van der Waals surface area contributed by atoms with Crippen molar-refractivity contribution in [1.82, 2.24) is 14.9 Å². The average Bonchev–Trinajstić information content (AvgIpc) is 3.16. The summed E-state index contributed by atoms with van der Waals surface area (Å²) in [6.07, 6.45) is 6.98. The summed E-state index contributed by atoms with van der Waals surface area (Å²) in [5, 5.41) is 3.49. The van der Waals surface area contributed by atoms with Gasteiger partial charge in [-0.1, -0.05) is 6.07 Å². The first-order valence-corrected chi connectivity index (χ1v) is 7.27. The van der Waals surface area contributed by atoms with Gasteiger partial charge in [0.2, 0.25) is 0 Å². The first-order valence-electron chi connectivity index (χ1n) is 7.27. The predicted molar refractivity (Wildman–Crippen MR) is 77.0 cm³/mol. The van der Waals surface area contributed by atoms with Crippen molar-refractivity contribution >= 4 is 0 Å². The highest BCUT2D eigenvalue weighted by Gasteiger charge is 2.20. The summed E-state index contributed by atoms with van der Waals surface area (Å²) in [6.45, 7) is 3.79. The third-order valence-electron chi connectivity index (χ3n) is 3.82. The zero-order chi connectivity index (χ0) is 13.9. The van der Waals surface area contributed by atoms with Crippen LogP contribution < -0.4 is 5.32 Å². The van der Waals surface area contributed by atoms with Gasteiger partial charge in [0.1, 0.15) is 11.6 Å². The number of hydrogen-bond donors (Lipinski definition) is 1. The van der Waals surface area contributed by atoms with Gasteiger partial charge in [0.25, 0.3) is 0 Å². The third kappa shape index (κ3) is 3.07. The number of benzene rings is 1. The van der Waals surface area contributed by atoms with Gasteiger partial charge in [-0.15, -0.1) is 0 Å². The molecule has 0 atom stereocenters. The van der Waals surface area contributed by atoms with E-state index in [1.807, 2.05) is 12.3 Å². The van der Waals surface area contributed by atoms with E-state index in [-0.39, 0.29) is 5.82 Å². The van der Waals surface area contributed by atoms with Crippen molar-refractivity contribution < 1.29 is 4.39 Å². The number of halogens is 1. The molecule has 0 bridgehead atoms. The quantitative estimate of drug-likeness (QED) is 0.877. The second kappa shape index (κ2) is 5.75. The largest absolute Gasteiger partial charge is 0.335 e. The summed E-state index contributed by atoms with van der Waals surface area (Å²) in [5.74, 6) is 0.815. The molecule has 1 aliphatic carbocycles. The minimum absolute atomic E-state index is 0.176. The van der Waals surface area contributed by atoms with Crippen molar-refractivity contribution in [3.05, 3.63) is 53.4 Å². The van der Waals surface area contributed by atoms with Crippen molar-refractivity contribution in [3.8, 4) is 0 Å². The molecule has 1 saturated carbocycles. The lowest BCUT2D eigenvalue weighted by molar-refractivity contribution is 0.620. The van der Waals surface area contributed by atoms with E-state index in [1.54, 1.807) is 18.3 Å². The van der Waals surface area contributed by atoms with Gasteiger partial charge >= 0.3 is 0 Å². The molecule has 0 spiro atoms. The maximum atomic E-state index is 13.5. The monoisotopic (exact) mass is 273 g/mol. The molecule has 2 aromatic rings. The summed E-state index contributed by atoms with van der Waals surface area (Å²) < 4.78 is 15.6. The average molecular weight is 273 g/mol. The van der Waals surface area contributed by atoms with Crippen LogP contribution in [0, 0.1) is 5.82 Å². The van der Waals surface area contributed by atoms with Gasteiger partial charge in [0.05, 0.1) is 0 Å². The Bertz CT molecular complexity index is 587. The Morgan fingerprint density at radius 2 is 2.20 bits per heavy atom. The topological polar surface area (TPSA) is 29.9 Å². The van der Waals surface area contributed by atoms with Crippen LogP contribution in [0.3, 0.4) is 0 Å². The Kier molecular flexibility index (Phi) is 3.83. The van der Waals surface area contributed by atoms with Crippen LogP contribution in [0.5, 0.6) is 0 Å². The molecule has 1 aromatic carbocycles. The SMILES string of the molecule is CCn1ccnc1Cc1cc(F)ccc1CNC1CC1. The standard InChI is InChI=1S/C16H20FN3/c1-2-20-8-7-18-16(20)10-13-9-14(17)4-3-12(13)11-19-15-5-6-15/h3-4,7-9,15,19H,2,5-6,10-11H2,1H3. The van der Waals surface area contributed by atoms with Crippen LogP contribution in [0.2, 0.25) is 0 Å². The van der Waals surface area contributed by atoms with Gasteiger partial charge in [-0.05, 0) is 43.0 Å². The molecule has 1 fully saturated rings. The van der Waals surface area contributed by atoms with E-state index < -0.39 is 0 Å². The number of hydrogen-bond acceptors (Lipinski definition) is 2. The summed E-state index contributed by atoms with van der Waals surface area (Å²) in [6, 6.07) is 5.72.